The van der Waals surface area contributed by atoms with E-state index in [1.165, 1.54) is 22.3 Å². The van der Waals surface area contributed by atoms with Gasteiger partial charge in [0.05, 0.1) is 5.69 Å². The first-order valence-corrected chi connectivity index (χ1v) is 11.9. The highest BCUT2D eigenvalue weighted by Crippen LogP contribution is 2.41. The summed E-state index contributed by atoms with van der Waals surface area (Å²) in [5, 5.41) is 0.699. The van der Waals surface area contributed by atoms with Gasteiger partial charge < -0.3 is 4.90 Å². The smallest absolute Gasteiger partial charge is 0.0604 e. The molecule has 0 aliphatic heterocycles. The van der Waals surface area contributed by atoms with Crippen LogP contribution in [0.3, 0.4) is 0 Å². The summed E-state index contributed by atoms with van der Waals surface area (Å²) in [5.74, 6) is 0. The van der Waals surface area contributed by atoms with Crippen LogP contribution in [-0.4, -0.2) is 0 Å². The lowest BCUT2D eigenvalue weighted by atomic mass is 10.0. The molecule has 0 spiro atoms. The van der Waals surface area contributed by atoms with Gasteiger partial charge in [-0.15, -0.1) is 0 Å². The first-order valence-electron chi connectivity index (χ1n) is 10.8. The monoisotopic (exact) mass is 509 g/mol. The van der Waals surface area contributed by atoms with E-state index in [4.69, 9.17) is 11.6 Å². The van der Waals surface area contributed by atoms with Gasteiger partial charge in [0.25, 0.3) is 0 Å². The van der Waals surface area contributed by atoms with Crippen LogP contribution in [0.5, 0.6) is 0 Å². The second-order valence-electron chi connectivity index (χ2n) is 7.76. The average molecular weight is 511 g/mol. The van der Waals surface area contributed by atoms with Gasteiger partial charge in [0, 0.05) is 20.9 Å². The molecule has 0 heterocycles. The largest absolute Gasteiger partial charge is 0.309 e. The summed E-state index contributed by atoms with van der Waals surface area (Å²) in [7, 11) is 0. The summed E-state index contributed by atoms with van der Waals surface area (Å²) in [6.45, 7) is 0. The highest BCUT2D eigenvalue weighted by atomic mass is 79.9. The molecule has 0 N–H and O–H groups in total. The van der Waals surface area contributed by atoms with E-state index in [0.717, 1.165) is 21.5 Å². The summed E-state index contributed by atoms with van der Waals surface area (Å²) < 4.78 is 0.939. The molecular weight excluding hydrogens is 490 g/mol. The zero-order chi connectivity index (χ0) is 22.6. The van der Waals surface area contributed by atoms with Gasteiger partial charge in [-0.1, -0.05) is 96.5 Å². The van der Waals surface area contributed by atoms with Crippen molar-refractivity contribution >= 4 is 44.6 Å². The SMILES string of the molecule is Clc1ccc(N(c2ccc(-c3ccccc3)cc2)c2ccc(-c3ccccc3)cc2)c(Br)c1. The van der Waals surface area contributed by atoms with Gasteiger partial charge in [-0.05, 0) is 80.6 Å². The number of nitrogens with zero attached hydrogens (tertiary/aromatic N) is 1. The average Bonchev–Trinajstić information content (AvgIpc) is 2.87. The van der Waals surface area contributed by atoms with Gasteiger partial charge >= 0.3 is 0 Å². The first-order chi connectivity index (χ1) is 16.2. The van der Waals surface area contributed by atoms with Crippen LogP contribution >= 0.6 is 27.5 Å². The van der Waals surface area contributed by atoms with Crippen molar-refractivity contribution in [2.45, 2.75) is 0 Å². The van der Waals surface area contributed by atoms with Crippen molar-refractivity contribution < 1.29 is 0 Å². The third-order valence-electron chi connectivity index (χ3n) is 5.62. The van der Waals surface area contributed by atoms with E-state index in [-0.39, 0.29) is 0 Å². The molecule has 0 saturated carbocycles. The van der Waals surface area contributed by atoms with Gasteiger partial charge in [0.15, 0.2) is 0 Å². The van der Waals surface area contributed by atoms with Crippen LogP contribution in [-0.2, 0) is 0 Å². The molecule has 0 unspecified atom stereocenters. The van der Waals surface area contributed by atoms with Crippen molar-refractivity contribution in [2.24, 2.45) is 0 Å². The molecule has 0 atom stereocenters. The standard InChI is InChI=1S/C30H21BrClN/c31-29-21-26(32)15-20-30(29)33(27-16-11-24(12-17-27)22-7-3-1-4-8-22)28-18-13-25(14-19-28)23-9-5-2-6-10-23/h1-21H. The Morgan fingerprint density at radius 2 is 0.909 bits per heavy atom. The van der Waals surface area contributed by atoms with E-state index in [1.54, 1.807) is 0 Å². The molecule has 0 aliphatic rings. The molecule has 0 aliphatic carbocycles. The second kappa shape index (κ2) is 9.66. The molecule has 5 aromatic rings. The van der Waals surface area contributed by atoms with E-state index in [1.807, 2.05) is 30.3 Å². The maximum atomic E-state index is 6.24. The lowest BCUT2D eigenvalue weighted by molar-refractivity contribution is 1.27. The maximum Gasteiger partial charge on any atom is 0.0604 e. The first kappa shape index (κ1) is 21.5. The van der Waals surface area contributed by atoms with Gasteiger partial charge in [0.1, 0.15) is 0 Å². The highest BCUT2D eigenvalue weighted by molar-refractivity contribution is 9.10. The summed E-state index contributed by atoms with van der Waals surface area (Å²) in [5.41, 5.74) is 7.96. The maximum absolute atomic E-state index is 6.24. The third kappa shape index (κ3) is 4.73. The molecule has 5 aromatic carbocycles. The van der Waals surface area contributed by atoms with Gasteiger partial charge in [-0.2, -0.15) is 0 Å². The lowest BCUT2D eigenvalue weighted by Gasteiger charge is -2.27. The van der Waals surface area contributed by atoms with Crippen molar-refractivity contribution in [3.05, 3.63) is 137 Å². The Morgan fingerprint density at radius 3 is 1.33 bits per heavy atom. The van der Waals surface area contributed by atoms with Crippen molar-refractivity contribution in [1.82, 2.24) is 0 Å². The van der Waals surface area contributed by atoms with Crippen molar-refractivity contribution in [1.29, 1.82) is 0 Å². The third-order valence-corrected chi connectivity index (χ3v) is 6.49. The van der Waals surface area contributed by atoms with E-state index >= 15 is 0 Å². The fourth-order valence-corrected chi connectivity index (χ4v) is 4.82. The molecule has 0 bridgehead atoms. The molecule has 0 amide bonds. The lowest BCUT2D eigenvalue weighted by Crippen LogP contribution is -2.10. The molecule has 1 nitrogen and oxygen atoms in total. The number of hydrogen-bond acceptors (Lipinski definition) is 1. The zero-order valence-corrected chi connectivity index (χ0v) is 20.2. The highest BCUT2D eigenvalue weighted by Gasteiger charge is 2.16. The topological polar surface area (TPSA) is 3.24 Å². The Morgan fingerprint density at radius 1 is 0.485 bits per heavy atom. The number of hydrogen-bond donors (Lipinski definition) is 0. The summed E-state index contributed by atoms with van der Waals surface area (Å²) in [4.78, 5) is 2.24. The van der Waals surface area contributed by atoms with Crippen LogP contribution in [0, 0.1) is 0 Å². The van der Waals surface area contributed by atoms with Gasteiger partial charge in [-0.25, -0.2) is 0 Å². The van der Waals surface area contributed by atoms with E-state index in [9.17, 15) is 0 Å². The van der Waals surface area contributed by atoms with Crippen LogP contribution < -0.4 is 4.90 Å². The van der Waals surface area contributed by atoms with Crippen molar-refractivity contribution in [2.75, 3.05) is 4.90 Å². The molecular formula is C30H21BrClN. The molecule has 0 fully saturated rings. The van der Waals surface area contributed by atoms with Crippen LogP contribution in [0.25, 0.3) is 22.3 Å². The van der Waals surface area contributed by atoms with Gasteiger partial charge in [-0.3, -0.25) is 0 Å². The predicted octanol–water partition coefficient (Wildman–Crippen LogP) is 9.91. The van der Waals surface area contributed by atoms with Crippen LogP contribution in [0.1, 0.15) is 0 Å². The fraction of sp³-hybridized carbons (Fsp3) is 0. The molecule has 160 valence electrons. The van der Waals surface area contributed by atoms with E-state index < -0.39 is 0 Å². The quantitative estimate of drug-likeness (QED) is 0.227. The number of halogens is 2. The number of rotatable bonds is 5. The molecule has 0 saturated heterocycles. The van der Waals surface area contributed by atoms with E-state index in [0.29, 0.717) is 5.02 Å². The molecule has 33 heavy (non-hydrogen) atoms. The zero-order valence-electron chi connectivity index (χ0n) is 17.8. The molecule has 0 aromatic heterocycles. The normalized spacial score (nSPS) is 10.7. The van der Waals surface area contributed by atoms with Crippen molar-refractivity contribution in [3.8, 4) is 22.3 Å². The molecule has 5 rings (SSSR count). The fourth-order valence-electron chi connectivity index (χ4n) is 3.96. The van der Waals surface area contributed by atoms with Crippen LogP contribution in [0.4, 0.5) is 17.1 Å². The Kier molecular flexibility index (Phi) is 6.30. The summed E-state index contributed by atoms with van der Waals surface area (Å²) in [6, 6.07) is 44.1. The predicted molar refractivity (Wildman–Crippen MR) is 145 cm³/mol. The Labute approximate surface area is 208 Å². The van der Waals surface area contributed by atoms with Crippen molar-refractivity contribution in [3.63, 3.8) is 0 Å². The molecule has 0 radical (unpaired) electrons. The minimum Gasteiger partial charge on any atom is -0.309 e. The van der Waals surface area contributed by atoms with Gasteiger partial charge in [0.2, 0.25) is 0 Å². The summed E-state index contributed by atoms with van der Waals surface area (Å²) in [6.07, 6.45) is 0. The Bertz CT molecular complexity index is 1270. The van der Waals surface area contributed by atoms with Crippen LogP contribution in [0.15, 0.2) is 132 Å². The molecule has 3 heteroatoms. The Hall–Kier alpha value is -3.33. The Balaban J connectivity index is 1.57. The number of anilines is 3. The minimum absolute atomic E-state index is 0.699. The number of benzene rings is 5. The van der Waals surface area contributed by atoms with Crippen LogP contribution in [0.2, 0.25) is 5.02 Å². The summed E-state index contributed by atoms with van der Waals surface area (Å²) >= 11 is 9.96. The minimum atomic E-state index is 0.699. The van der Waals surface area contributed by atoms with E-state index in [2.05, 4.69) is 118 Å². The second-order valence-corrected chi connectivity index (χ2v) is 9.05.